The van der Waals surface area contributed by atoms with Crippen LogP contribution < -0.4 is 5.32 Å². The van der Waals surface area contributed by atoms with Gasteiger partial charge in [0.1, 0.15) is 0 Å². The Labute approximate surface area is 152 Å². The van der Waals surface area contributed by atoms with Crippen molar-refractivity contribution in [2.24, 2.45) is 11.8 Å². The summed E-state index contributed by atoms with van der Waals surface area (Å²) in [6.45, 7) is 2.20. The molecular weight excluding hydrogens is 343 g/mol. The summed E-state index contributed by atoms with van der Waals surface area (Å²) in [5.41, 5.74) is 1.08. The Balaban J connectivity index is 1.56. The molecule has 26 heavy (non-hydrogen) atoms. The molecule has 1 saturated carbocycles. The highest BCUT2D eigenvalue weighted by Gasteiger charge is 2.46. The van der Waals surface area contributed by atoms with Gasteiger partial charge in [0.2, 0.25) is 5.91 Å². The van der Waals surface area contributed by atoms with E-state index in [0.717, 1.165) is 31.4 Å². The molecular formula is C19H26F3N3O. The number of carbonyl (C=O) groups excluding carboxylic acids is 1. The van der Waals surface area contributed by atoms with E-state index in [0.29, 0.717) is 25.9 Å². The van der Waals surface area contributed by atoms with E-state index < -0.39 is 18.1 Å². The van der Waals surface area contributed by atoms with Gasteiger partial charge in [-0.3, -0.25) is 14.7 Å². The van der Waals surface area contributed by atoms with Crippen molar-refractivity contribution in [3.8, 4) is 0 Å². The molecule has 1 N–H and O–H groups in total. The Kier molecular flexibility index (Phi) is 6.16. The Morgan fingerprint density at radius 1 is 1.23 bits per heavy atom. The van der Waals surface area contributed by atoms with Crippen LogP contribution in [0.5, 0.6) is 0 Å². The highest BCUT2D eigenvalue weighted by molar-refractivity contribution is 5.79. The van der Waals surface area contributed by atoms with Crippen molar-refractivity contribution in [3.63, 3.8) is 0 Å². The van der Waals surface area contributed by atoms with Crippen molar-refractivity contribution in [1.82, 2.24) is 15.2 Å². The minimum atomic E-state index is -4.24. The second kappa shape index (κ2) is 8.37. The second-order valence-electron chi connectivity index (χ2n) is 7.48. The standard InChI is InChI=1S/C19H26F3N3O/c20-19(21,22)16-7-1-2-8-17(16)24-18(26)15-6-4-10-25(13-15)12-14-5-3-9-23-11-14/h3,5,9,11,15-17H,1-2,4,6-8,10,12-13H2,(H,24,26)/t15-,16-,17-/m1/s1. The number of hydrogen-bond acceptors (Lipinski definition) is 3. The summed E-state index contributed by atoms with van der Waals surface area (Å²) in [6.07, 6.45) is 2.76. The van der Waals surface area contributed by atoms with E-state index in [9.17, 15) is 18.0 Å². The molecule has 1 aromatic rings. The van der Waals surface area contributed by atoms with Gasteiger partial charge in [-0.25, -0.2) is 0 Å². The largest absolute Gasteiger partial charge is 0.393 e. The first-order chi connectivity index (χ1) is 12.4. The van der Waals surface area contributed by atoms with E-state index in [-0.39, 0.29) is 18.2 Å². The summed E-state index contributed by atoms with van der Waals surface area (Å²) in [5.74, 6) is -1.87. The zero-order chi connectivity index (χ0) is 18.6. The topological polar surface area (TPSA) is 45.2 Å². The Bertz CT molecular complexity index is 593. The lowest BCUT2D eigenvalue weighted by molar-refractivity contribution is -0.189. The quantitative estimate of drug-likeness (QED) is 0.883. The Hall–Kier alpha value is -1.63. The number of alkyl halides is 3. The number of aromatic nitrogens is 1. The number of pyridine rings is 1. The van der Waals surface area contributed by atoms with E-state index in [1.165, 1.54) is 0 Å². The molecule has 2 fully saturated rings. The smallest absolute Gasteiger partial charge is 0.352 e. The fourth-order valence-corrected chi connectivity index (χ4v) is 4.16. The molecule has 2 aliphatic rings. The van der Waals surface area contributed by atoms with E-state index in [2.05, 4.69) is 15.2 Å². The van der Waals surface area contributed by atoms with Gasteiger partial charge in [-0.1, -0.05) is 18.9 Å². The normalized spacial score (nSPS) is 27.9. The van der Waals surface area contributed by atoms with Gasteiger partial charge in [-0.05, 0) is 43.9 Å². The van der Waals surface area contributed by atoms with Gasteiger partial charge in [-0.15, -0.1) is 0 Å². The van der Waals surface area contributed by atoms with Gasteiger partial charge < -0.3 is 5.32 Å². The first-order valence-electron chi connectivity index (χ1n) is 9.42. The average molecular weight is 369 g/mol. The molecule has 1 aliphatic heterocycles. The molecule has 1 saturated heterocycles. The fourth-order valence-electron chi connectivity index (χ4n) is 4.16. The third-order valence-corrected chi connectivity index (χ3v) is 5.52. The van der Waals surface area contributed by atoms with Crippen LogP contribution in [0.15, 0.2) is 24.5 Å². The maximum Gasteiger partial charge on any atom is 0.393 e. The molecule has 0 spiro atoms. The molecule has 2 heterocycles. The maximum absolute atomic E-state index is 13.2. The number of piperidine rings is 1. The van der Waals surface area contributed by atoms with Crippen molar-refractivity contribution >= 4 is 5.91 Å². The monoisotopic (exact) mass is 369 g/mol. The number of likely N-dealkylation sites (tertiary alicyclic amines) is 1. The Morgan fingerprint density at radius 3 is 2.77 bits per heavy atom. The molecule has 144 valence electrons. The number of nitrogens with one attached hydrogen (secondary N) is 1. The SMILES string of the molecule is O=C(N[C@@H]1CCCC[C@H]1C(F)(F)F)[C@@H]1CCCN(Cc2cccnc2)C1. The molecule has 0 aromatic carbocycles. The molecule has 0 radical (unpaired) electrons. The molecule has 3 atom stereocenters. The van der Waals surface area contributed by atoms with Gasteiger partial charge in [0.25, 0.3) is 0 Å². The van der Waals surface area contributed by atoms with Crippen molar-refractivity contribution in [3.05, 3.63) is 30.1 Å². The molecule has 4 nitrogen and oxygen atoms in total. The lowest BCUT2D eigenvalue weighted by Crippen LogP contribution is -2.51. The van der Waals surface area contributed by atoms with Crippen LogP contribution in [-0.2, 0) is 11.3 Å². The van der Waals surface area contributed by atoms with Gasteiger partial charge in [0.15, 0.2) is 0 Å². The third kappa shape index (κ3) is 4.96. The predicted octanol–water partition coefficient (Wildman–Crippen LogP) is 3.53. The number of rotatable bonds is 4. The molecule has 1 aliphatic carbocycles. The van der Waals surface area contributed by atoms with Crippen LogP contribution in [0.2, 0.25) is 0 Å². The molecule has 3 rings (SSSR count). The second-order valence-corrected chi connectivity index (χ2v) is 7.48. The number of carbonyl (C=O) groups is 1. The van der Waals surface area contributed by atoms with Gasteiger partial charge >= 0.3 is 6.18 Å². The molecule has 1 aromatic heterocycles. The van der Waals surface area contributed by atoms with Gasteiger partial charge in [-0.2, -0.15) is 13.2 Å². The lowest BCUT2D eigenvalue weighted by Gasteiger charge is -2.36. The minimum absolute atomic E-state index is 0.117. The van der Waals surface area contributed by atoms with Crippen LogP contribution in [0.3, 0.4) is 0 Å². The average Bonchev–Trinajstić information content (AvgIpc) is 2.62. The van der Waals surface area contributed by atoms with Crippen LogP contribution in [0.25, 0.3) is 0 Å². The third-order valence-electron chi connectivity index (χ3n) is 5.52. The summed E-state index contributed by atoms with van der Waals surface area (Å²) in [7, 11) is 0. The van der Waals surface area contributed by atoms with Crippen LogP contribution in [-0.4, -0.2) is 41.1 Å². The highest BCUT2D eigenvalue weighted by Crippen LogP contribution is 2.38. The Morgan fingerprint density at radius 2 is 2.04 bits per heavy atom. The van der Waals surface area contributed by atoms with Gasteiger partial charge in [0.05, 0.1) is 11.8 Å². The fraction of sp³-hybridized carbons (Fsp3) is 0.684. The van der Waals surface area contributed by atoms with Crippen molar-refractivity contribution in [2.45, 2.75) is 57.3 Å². The van der Waals surface area contributed by atoms with Crippen LogP contribution in [0, 0.1) is 11.8 Å². The minimum Gasteiger partial charge on any atom is -0.352 e. The molecule has 0 unspecified atom stereocenters. The predicted molar refractivity (Wildman–Crippen MR) is 92.2 cm³/mol. The van der Waals surface area contributed by atoms with Crippen molar-refractivity contribution in [1.29, 1.82) is 0 Å². The van der Waals surface area contributed by atoms with E-state index in [4.69, 9.17) is 0 Å². The van der Waals surface area contributed by atoms with Crippen molar-refractivity contribution < 1.29 is 18.0 Å². The number of amides is 1. The maximum atomic E-state index is 13.2. The van der Waals surface area contributed by atoms with Crippen LogP contribution in [0.1, 0.15) is 44.1 Å². The summed E-state index contributed by atoms with van der Waals surface area (Å²) < 4.78 is 39.7. The summed E-state index contributed by atoms with van der Waals surface area (Å²) in [5, 5.41) is 2.73. The van der Waals surface area contributed by atoms with E-state index in [1.807, 2.05) is 12.1 Å². The number of halogens is 3. The first-order valence-corrected chi connectivity index (χ1v) is 9.42. The van der Waals surface area contributed by atoms with E-state index >= 15 is 0 Å². The summed E-state index contributed by atoms with van der Waals surface area (Å²) in [6, 6.07) is 3.10. The van der Waals surface area contributed by atoms with Crippen LogP contribution in [0.4, 0.5) is 13.2 Å². The molecule has 1 amide bonds. The zero-order valence-corrected chi connectivity index (χ0v) is 14.8. The first kappa shape index (κ1) is 19.1. The molecule has 0 bridgehead atoms. The lowest BCUT2D eigenvalue weighted by atomic mass is 9.83. The highest BCUT2D eigenvalue weighted by atomic mass is 19.4. The zero-order valence-electron chi connectivity index (χ0n) is 14.8. The van der Waals surface area contributed by atoms with Crippen molar-refractivity contribution in [2.75, 3.05) is 13.1 Å². The number of hydrogen-bond donors (Lipinski definition) is 1. The van der Waals surface area contributed by atoms with E-state index in [1.54, 1.807) is 12.4 Å². The van der Waals surface area contributed by atoms with Crippen LogP contribution >= 0.6 is 0 Å². The van der Waals surface area contributed by atoms with Gasteiger partial charge in [0, 0.05) is 31.5 Å². The summed E-state index contributed by atoms with van der Waals surface area (Å²) in [4.78, 5) is 18.9. The molecule has 7 heteroatoms. The summed E-state index contributed by atoms with van der Waals surface area (Å²) >= 11 is 0. The number of nitrogens with zero attached hydrogens (tertiary/aromatic N) is 2.